The van der Waals surface area contributed by atoms with Gasteiger partial charge in [-0.1, -0.05) is 13.8 Å². The predicted octanol–water partition coefficient (Wildman–Crippen LogP) is 1.13. The maximum Gasteiger partial charge on any atom is 0.232 e. The molecule has 0 bridgehead atoms. The summed E-state index contributed by atoms with van der Waals surface area (Å²) in [6, 6.07) is 0. The molecule has 1 N–H and O–H groups in total. The van der Waals surface area contributed by atoms with Crippen molar-refractivity contribution in [3.63, 3.8) is 0 Å². The molecule has 5 heteroatoms. The first-order valence-corrected chi connectivity index (χ1v) is 7.13. The normalized spacial score (nSPS) is 19.4. The second-order valence-corrected chi connectivity index (χ2v) is 6.51. The number of amides is 1. The molecule has 0 aromatic carbocycles. The van der Waals surface area contributed by atoms with Crippen molar-refractivity contribution in [2.45, 2.75) is 37.5 Å². The van der Waals surface area contributed by atoms with Crippen LogP contribution in [0, 0.1) is 0 Å². The highest BCUT2D eigenvalue weighted by Crippen LogP contribution is 2.21. The molecule has 1 heterocycles. The molecule has 1 saturated heterocycles. The second-order valence-electron chi connectivity index (χ2n) is 4.95. The van der Waals surface area contributed by atoms with Crippen LogP contribution in [0.15, 0.2) is 0 Å². The number of rotatable bonds is 5. The molecule has 100 valence electrons. The summed E-state index contributed by atoms with van der Waals surface area (Å²) >= 11 is 1.63. The summed E-state index contributed by atoms with van der Waals surface area (Å²) in [7, 11) is 1.76. The standard InChI is InChI=1S/C12H23NO3S/c1-10(2)17-8-11(14)13(3)9-12(15)4-6-16-7-5-12/h10,15H,4-9H2,1-3H3. The smallest absolute Gasteiger partial charge is 0.232 e. The number of ether oxygens (including phenoxy) is 1. The fraction of sp³-hybridized carbons (Fsp3) is 0.917. The van der Waals surface area contributed by atoms with Crippen molar-refractivity contribution in [1.82, 2.24) is 4.90 Å². The number of thioether (sulfide) groups is 1. The summed E-state index contributed by atoms with van der Waals surface area (Å²) in [6.45, 7) is 5.72. The van der Waals surface area contributed by atoms with E-state index in [0.717, 1.165) is 0 Å². The highest BCUT2D eigenvalue weighted by molar-refractivity contribution is 8.00. The Labute approximate surface area is 108 Å². The molecule has 0 aromatic heterocycles. The van der Waals surface area contributed by atoms with Crippen LogP contribution >= 0.6 is 11.8 Å². The van der Waals surface area contributed by atoms with Crippen LogP contribution in [-0.2, 0) is 9.53 Å². The van der Waals surface area contributed by atoms with Gasteiger partial charge >= 0.3 is 0 Å². The molecule has 0 saturated carbocycles. The van der Waals surface area contributed by atoms with Gasteiger partial charge in [0.1, 0.15) is 0 Å². The maximum atomic E-state index is 11.8. The van der Waals surface area contributed by atoms with E-state index in [1.165, 1.54) is 0 Å². The summed E-state index contributed by atoms with van der Waals surface area (Å²) in [5.74, 6) is 0.574. The van der Waals surface area contributed by atoms with Crippen LogP contribution in [0.25, 0.3) is 0 Å². The van der Waals surface area contributed by atoms with Gasteiger partial charge in [0.15, 0.2) is 0 Å². The fourth-order valence-electron chi connectivity index (χ4n) is 1.79. The first kappa shape index (κ1) is 14.8. The average Bonchev–Trinajstić information content (AvgIpc) is 2.26. The van der Waals surface area contributed by atoms with E-state index in [4.69, 9.17) is 4.74 Å². The van der Waals surface area contributed by atoms with Crippen LogP contribution in [0.5, 0.6) is 0 Å². The van der Waals surface area contributed by atoms with Crippen molar-refractivity contribution >= 4 is 17.7 Å². The SMILES string of the molecule is CC(C)SCC(=O)N(C)CC1(O)CCOCC1. The van der Waals surface area contributed by atoms with Gasteiger partial charge in [-0.3, -0.25) is 4.79 Å². The second kappa shape index (κ2) is 6.61. The largest absolute Gasteiger partial charge is 0.388 e. The monoisotopic (exact) mass is 261 g/mol. The van der Waals surface area contributed by atoms with Crippen molar-refractivity contribution < 1.29 is 14.6 Å². The molecule has 0 aromatic rings. The Morgan fingerprint density at radius 1 is 1.47 bits per heavy atom. The minimum Gasteiger partial charge on any atom is -0.388 e. The molecule has 1 amide bonds. The number of nitrogens with zero attached hydrogens (tertiary/aromatic N) is 1. The van der Waals surface area contributed by atoms with Crippen molar-refractivity contribution in [2.24, 2.45) is 0 Å². The minimum absolute atomic E-state index is 0.0867. The number of aliphatic hydroxyl groups is 1. The van der Waals surface area contributed by atoms with Gasteiger partial charge in [0, 0.05) is 39.6 Å². The zero-order valence-electron chi connectivity index (χ0n) is 10.9. The van der Waals surface area contributed by atoms with E-state index >= 15 is 0 Å². The van der Waals surface area contributed by atoms with Crippen molar-refractivity contribution in [2.75, 3.05) is 32.6 Å². The van der Waals surface area contributed by atoms with Crippen LogP contribution in [-0.4, -0.2) is 59.3 Å². The third-order valence-corrected chi connectivity index (χ3v) is 4.00. The summed E-state index contributed by atoms with van der Waals surface area (Å²) in [6.07, 6.45) is 1.23. The van der Waals surface area contributed by atoms with E-state index in [0.29, 0.717) is 43.6 Å². The topological polar surface area (TPSA) is 49.8 Å². The van der Waals surface area contributed by atoms with E-state index < -0.39 is 5.60 Å². The van der Waals surface area contributed by atoms with E-state index in [9.17, 15) is 9.90 Å². The van der Waals surface area contributed by atoms with Crippen LogP contribution in [0.2, 0.25) is 0 Å². The lowest BCUT2D eigenvalue weighted by Gasteiger charge is -2.35. The van der Waals surface area contributed by atoms with E-state index in [1.54, 1.807) is 23.7 Å². The molecule has 1 aliphatic heterocycles. The van der Waals surface area contributed by atoms with E-state index in [1.807, 2.05) is 0 Å². The van der Waals surface area contributed by atoms with Gasteiger partial charge in [-0.2, -0.15) is 0 Å². The molecule has 0 aliphatic carbocycles. The van der Waals surface area contributed by atoms with Crippen LogP contribution < -0.4 is 0 Å². The third kappa shape index (κ3) is 5.27. The Kier molecular flexibility index (Phi) is 5.76. The van der Waals surface area contributed by atoms with Gasteiger partial charge in [0.25, 0.3) is 0 Å². The summed E-state index contributed by atoms with van der Waals surface area (Å²) in [5.41, 5.74) is -0.759. The van der Waals surface area contributed by atoms with Gasteiger partial charge < -0.3 is 14.7 Å². The van der Waals surface area contributed by atoms with Gasteiger partial charge in [-0.15, -0.1) is 11.8 Å². The Morgan fingerprint density at radius 3 is 2.59 bits per heavy atom. The number of carbonyl (C=O) groups is 1. The molecular formula is C12H23NO3S. The maximum absolute atomic E-state index is 11.8. The lowest BCUT2D eigenvalue weighted by atomic mass is 9.94. The third-order valence-electron chi connectivity index (χ3n) is 2.92. The summed E-state index contributed by atoms with van der Waals surface area (Å²) < 4.78 is 5.22. The molecule has 0 radical (unpaired) electrons. The fourth-order valence-corrected chi connectivity index (χ4v) is 2.48. The molecule has 17 heavy (non-hydrogen) atoms. The molecule has 4 nitrogen and oxygen atoms in total. The molecule has 0 unspecified atom stereocenters. The van der Waals surface area contributed by atoms with Gasteiger partial charge in [-0.05, 0) is 5.25 Å². The molecular weight excluding hydrogens is 238 g/mol. The van der Waals surface area contributed by atoms with E-state index in [-0.39, 0.29) is 5.91 Å². The highest BCUT2D eigenvalue weighted by Gasteiger charge is 2.32. The quantitative estimate of drug-likeness (QED) is 0.806. The molecule has 0 atom stereocenters. The number of likely N-dealkylation sites (N-methyl/N-ethyl adjacent to an activating group) is 1. The molecule has 1 aliphatic rings. The minimum atomic E-state index is -0.759. The van der Waals surface area contributed by atoms with Crippen molar-refractivity contribution in [3.8, 4) is 0 Å². The highest BCUT2D eigenvalue weighted by atomic mass is 32.2. The zero-order valence-corrected chi connectivity index (χ0v) is 11.8. The van der Waals surface area contributed by atoms with Gasteiger partial charge in [0.05, 0.1) is 11.4 Å². The van der Waals surface area contributed by atoms with Crippen LogP contribution in [0.1, 0.15) is 26.7 Å². The predicted molar refractivity (Wildman–Crippen MR) is 70.2 cm³/mol. The number of hydrogen-bond donors (Lipinski definition) is 1. The first-order valence-electron chi connectivity index (χ1n) is 6.09. The number of hydrogen-bond acceptors (Lipinski definition) is 4. The summed E-state index contributed by atoms with van der Waals surface area (Å²) in [5, 5.41) is 10.7. The zero-order chi connectivity index (χ0) is 12.9. The van der Waals surface area contributed by atoms with Crippen molar-refractivity contribution in [1.29, 1.82) is 0 Å². The van der Waals surface area contributed by atoms with E-state index in [2.05, 4.69) is 13.8 Å². The van der Waals surface area contributed by atoms with Crippen LogP contribution in [0.3, 0.4) is 0 Å². The lowest BCUT2D eigenvalue weighted by molar-refractivity contribution is -0.134. The lowest BCUT2D eigenvalue weighted by Crippen LogP contribution is -2.47. The molecule has 1 fully saturated rings. The molecule has 1 rings (SSSR count). The average molecular weight is 261 g/mol. The van der Waals surface area contributed by atoms with Crippen molar-refractivity contribution in [3.05, 3.63) is 0 Å². The van der Waals surface area contributed by atoms with Gasteiger partial charge in [0.2, 0.25) is 5.91 Å². The Balaban J connectivity index is 2.36. The van der Waals surface area contributed by atoms with Gasteiger partial charge in [-0.25, -0.2) is 0 Å². The summed E-state index contributed by atoms with van der Waals surface area (Å²) in [4.78, 5) is 13.5. The Bertz CT molecular complexity index is 252. The first-order chi connectivity index (χ1) is 7.93. The van der Waals surface area contributed by atoms with Crippen LogP contribution in [0.4, 0.5) is 0 Å². The molecule has 0 spiro atoms. The Hall–Kier alpha value is -0.260. The number of carbonyl (C=O) groups excluding carboxylic acids is 1. The Morgan fingerprint density at radius 2 is 2.06 bits per heavy atom.